The molecule has 0 radical (unpaired) electrons. The number of hydrogen-bond acceptors (Lipinski definition) is 4. The van der Waals surface area contributed by atoms with Crippen molar-refractivity contribution < 1.29 is 18.1 Å². The first kappa shape index (κ1) is 15.9. The zero-order valence-corrected chi connectivity index (χ0v) is 12.5. The highest BCUT2D eigenvalue weighted by atomic mass is 32.2. The van der Waals surface area contributed by atoms with Gasteiger partial charge in [-0.3, -0.25) is 9.00 Å². The molecule has 1 saturated heterocycles. The average Bonchev–Trinajstić information content (AvgIpc) is 2.49. The quantitative estimate of drug-likeness (QED) is 0.810. The zero-order chi connectivity index (χ0) is 15.2. The molecule has 2 rings (SSSR count). The second kappa shape index (κ2) is 7.51. The maximum Gasteiger partial charge on any atom is 0.225 e. The van der Waals surface area contributed by atoms with Gasteiger partial charge in [-0.1, -0.05) is 0 Å². The molecular weight excluding hydrogens is 295 g/mol. The number of nitrogens with two attached hydrogens (primary N) is 1. The molecule has 1 atom stereocenters. The molecule has 1 aromatic carbocycles. The number of amides is 1. The van der Waals surface area contributed by atoms with Crippen LogP contribution in [0.25, 0.3) is 0 Å². The van der Waals surface area contributed by atoms with Crippen LogP contribution in [0, 0.1) is 5.82 Å². The molecule has 0 bridgehead atoms. The summed E-state index contributed by atoms with van der Waals surface area (Å²) >= 11 is 0. The molecule has 7 heteroatoms. The summed E-state index contributed by atoms with van der Waals surface area (Å²) < 4.78 is 30.3. The van der Waals surface area contributed by atoms with E-state index in [1.54, 1.807) is 0 Å². The largest absolute Gasteiger partial charge is 0.396 e. The van der Waals surface area contributed by atoms with Crippen molar-refractivity contribution in [2.24, 2.45) is 0 Å². The smallest absolute Gasteiger partial charge is 0.225 e. The highest BCUT2D eigenvalue weighted by Gasteiger charge is 2.20. The Morgan fingerprint density at radius 1 is 1.43 bits per heavy atom. The van der Waals surface area contributed by atoms with E-state index in [4.69, 9.17) is 10.5 Å². The fraction of sp³-hybridized carbons (Fsp3) is 0.500. The number of nitrogens with one attached hydrogen (secondary N) is 1. The Balaban J connectivity index is 1.78. The molecule has 1 heterocycles. The van der Waals surface area contributed by atoms with E-state index in [0.29, 0.717) is 24.7 Å². The van der Waals surface area contributed by atoms with E-state index in [1.807, 2.05) is 0 Å². The molecule has 21 heavy (non-hydrogen) atoms. The Morgan fingerprint density at radius 2 is 2.14 bits per heavy atom. The molecule has 0 saturated carbocycles. The molecule has 5 nitrogen and oxygen atoms in total. The number of carbonyl (C=O) groups is 1. The fourth-order valence-corrected chi connectivity index (χ4v) is 3.58. The van der Waals surface area contributed by atoms with Crippen molar-refractivity contribution in [3.05, 3.63) is 24.0 Å². The van der Waals surface area contributed by atoms with Crippen molar-refractivity contribution in [3.8, 4) is 0 Å². The summed E-state index contributed by atoms with van der Waals surface area (Å²) in [5.41, 5.74) is 5.85. The second-order valence-electron chi connectivity index (χ2n) is 4.93. The van der Waals surface area contributed by atoms with Crippen LogP contribution in [0.15, 0.2) is 18.2 Å². The third-order valence-electron chi connectivity index (χ3n) is 3.35. The lowest BCUT2D eigenvalue weighted by molar-refractivity contribution is -0.115. The van der Waals surface area contributed by atoms with Gasteiger partial charge >= 0.3 is 0 Å². The molecule has 1 fully saturated rings. The van der Waals surface area contributed by atoms with Crippen LogP contribution in [0.4, 0.5) is 15.8 Å². The van der Waals surface area contributed by atoms with Gasteiger partial charge in [0.05, 0.1) is 5.69 Å². The lowest BCUT2D eigenvalue weighted by Gasteiger charge is -2.21. The van der Waals surface area contributed by atoms with E-state index in [0.717, 1.165) is 12.8 Å². The first-order valence-corrected chi connectivity index (χ1v) is 8.24. The summed E-state index contributed by atoms with van der Waals surface area (Å²) in [6.45, 7) is 1.27. The minimum absolute atomic E-state index is 0.0152. The van der Waals surface area contributed by atoms with Crippen LogP contribution >= 0.6 is 0 Å². The van der Waals surface area contributed by atoms with Gasteiger partial charge in [0.1, 0.15) is 5.82 Å². The fourth-order valence-electron chi connectivity index (χ4n) is 2.14. The van der Waals surface area contributed by atoms with E-state index in [2.05, 4.69) is 5.32 Å². The SMILES string of the molecule is Nc1cc(NC(=O)CCS(=O)C2CCOCC2)ccc1F. The van der Waals surface area contributed by atoms with Crippen molar-refractivity contribution in [2.75, 3.05) is 30.0 Å². The summed E-state index contributed by atoms with van der Waals surface area (Å²) in [6, 6.07) is 4.01. The predicted octanol–water partition coefficient (Wildman–Crippen LogP) is 1.66. The molecule has 0 aromatic heterocycles. The van der Waals surface area contributed by atoms with Crippen molar-refractivity contribution in [1.82, 2.24) is 0 Å². The third kappa shape index (κ3) is 4.78. The van der Waals surface area contributed by atoms with Gasteiger partial charge in [0, 0.05) is 47.1 Å². The highest BCUT2D eigenvalue weighted by Crippen LogP contribution is 2.17. The van der Waals surface area contributed by atoms with Crippen molar-refractivity contribution in [3.63, 3.8) is 0 Å². The van der Waals surface area contributed by atoms with Gasteiger partial charge in [0.2, 0.25) is 5.91 Å². The monoisotopic (exact) mass is 314 g/mol. The van der Waals surface area contributed by atoms with E-state index >= 15 is 0 Å². The number of halogens is 1. The van der Waals surface area contributed by atoms with Crippen molar-refractivity contribution in [1.29, 1.82) is 0 Å². The number of benzene rings is 1. The van der Waals surface area contributed by atoms with Gasteiger partial charge in [0.15, 0.2) is 0 Å². The Hall–Kier alpha value is -1.47. The van der Waals surface area contributed by atoms with E-state index < -0.39 is 16.6 Å². The highest BCUT2D eigenvalue weighted by molar-refractivity contribution is 7.85. The van der Waals surface area contributed by atoms with E-state index in [1.165, 1.54) is 18.2 Å². The molecule has 0 aliphatic carbocycles. The Morgan fingerprint density at radius 3 is 2.81 bits per heavy atom. The molecular formula is C14H19FN2O3S. The lowest BCUT2D eigenvalue weighted by Crippen LogP contribution is -2.27. The van der Waals surface area contributed by atoms with Gasteiger partial charge in [-0.25, -0.2) is 4.39 Å². The van der Waals surface area contributed by atoms with Crippen molar-refractivity contribution >= 4 is 28.1 Å². The number of ether oxygens (including phenoxy) is 1. The Labute approximate surface area is 125 Å². The van der Waals surface area contributed by atoms with Crippen LogP contribution in [0.5, 0.6) is 0 Å². The average molecular weight is 314 g/mol. The summed E-state index contributed by atoms with van der Waals surface area (Å²) in [6.07, 6.45) is 1.73. The van der Waals surface area contributed by atoms with Crippen molar-refractivity contribution in [2.45, 2.75) is 24.5 Å². The Bertz CT molecular complexity index is 533. The molecule has 1 aliphatic heterocycles. The lowest BCUT2D eigenvalue weighted by atomic mass is 10.2. The molecule has 0 spiro atoms. The predicted molar refractivity (Wildman–Crippen MR) is 80.9 cm³/mol. The van der Waals surface area contributed by atoms with Gasteiger partial charge < -0.3 is 15.8 Å². The summed E-state index contributed by atoms with van der Waals surface area (Å²) in [5.74, 6) is -0.442. The topological polar surface area (TPSA) is 81.4 Å². The van der Waals surface area contributed by atoms with Crippen LogP contribution < -0.4 is 11.1 Å². The second-order valence-corrected chi connectivity index (χ2v) is 6.77. The number of rotatable bonds is 5. The van der Waals surface area contributed by atoms with Crippen LogP contribution in [-0.4, -0.2) is 34.3 Å². The molecule has 1 unspecified atom stereocenters. The van der Waals surface area contributed by atoms with Gasteiger partial charge in [-0.05, 0) is 31.0 Å². The number of anilines is 2. The minimum Gasteiger partial charge on any atom is -0.396 e. The van der Waals surface area contributed by atoms with Gasteiger partial charge in [0.25, 0.3) is 0 Å². The van der Waals surface area contributed by atoms with Gasteiger partial charge in [-0.15, -0.1) is 0 Å². The Kier molecular flexibility index (Phi) is 5.69. The molecule has 3 N–H and O–H groups in total. The number of hydrogen-bond donors (Lipinski definition) is 2. The minimum atomic E-state index is -1.02. The normalized spacial score (nSPS) is 17.4. The molecule has 1 amide bonds. The molecule has 1 aromatic rings. The van der Waals surface area contributed by atoms with Crippen LogP contribution in [0.2, 0.25) is 0 Å². The number of nitrogen functional groups attached to an aromatic ring is 1. The first-order valence-electron chi connectivity index (χ1n) is 6.86. The molecule has 1 aliphatic rings. The number of carbonyl (C=O) groups excluding carboxylic acids is 1. The summed E-state index contributed by atoms with van der Waals surface area (Å²) in [7, 11) is -1.02. The summed E-state index contributed by atoms with van der Waals surface area (Å²) in [5, 5.41) is 2.74. The third-order valence-corrected chi connectivity index (χ3v) is 5.17. The maximum absolute atomic E-state index is 13.0. The van der Waals surface area contributed by atoms with E-state index in [-0.39, 0.29) is 23.3 Å². The molecule has 116 valence electrons. The standard InChI is InChI=1S/C14H19FN2O3S/c15-12-2-1-10(9-13(12)16)17-14(18)5-8-21(19)11-3-6-20-7-4-11/h1-2,9,11H,3-8,16H2,(H,17,18). The van der Waals surface area contributed by atoms with E-state index in [9.17, 15) is 13.4 Å². The van der Waals surface area contributed by atoms with Gasteiger partial charge in [-0.2, -0.15) is 0 Å². The van der Waals surface area contributed by atoms with Crippen LogP contribution in [0.1, 0.15) is 19.3 Å². The zero-order valence-electron chi connectivity index (χ0n) is 11.6. The summed E-state index contributed by atoms with van der Waals surface area (Å²) in [4.78, 5) is 11.8. The van der Waals surface area contributed by atoms with Crippen LogP contribution in [0.3, 0.4) is 0 Å². The van der Waals surface area contributed by atoms with Crippen LogP contribution in [-0.2, 0) is 20.3 Å². The first-order chi connectivity index (χ1) is 10.1. The maximum atomic E-state index is 13.0.